The highest BCUT2D eigenvalue weighted by molar-refractivity contribution is 7.21. The third kappa shape index (κ3) is 2.11. The second-order valence-electron chi connectivity index (χ2n) is 4.73. The number of aromatic nitrogens is 2. The average molecular weight is 296 g/mol. The Hall–Kier alpha value is -1.78. The number of hydrogen-bond donors (Lipinski definition) is 0. The van der Waals surface area contributed by atoms with Crippen molar-refractivity contribution < 1.29 is 0 Å². The number of allylic oxidation sites excluding steroid dienone is 8. The third-order valence-electron chi connectivity index (χ3n) is 3.38. The van der Waals surface area contributed by atoms with Gasteiger partial charge in [0.1, 0.15) is 0 Å². The van der Waals surface area contributed by atoms with Crippen molar-refractivity contribution in [3.63, 3.8) is 0 Å². The molecule has 0 fully saturated rings. The molecule has 0 aliphatic heterocycles. The summed E-state index contributed by atoms with van der Waals surface area (Å²) in [5, 5.41) is 2.05. The van der Waals surface area contributed by atoms with Gasteiger partial charge in [0.05, 0.1) is 0 Å². The molecular formula is C16H12N2S2. The molecular weight excluding hydrogens is 284 g/mol. The van der Waals surface area contributed by atoms with Crippen molar-refractivity contribution in [1.82, 2.24) is 9.97 Å². The summed E-state index contributed by atoms with van der Waals surface area (Å²) in [4.78, 5) is 11.6. The Morgan fingerprint density at radius 1 is 0.650 bits per heavy atom. The standard InChI is InChI=1S/C16H12N2S2/c1-2-6-11(5-1)13-9-17-15(19-13)16-18-10-14(20-16)12-7-3-4-8-12/h1-12H. The van der Waals surface area contributed by atoms with Crippen LogP contribution in [0, 0.1) is 0 Å². The van der Waals surface area contributed by atoms with Gasteiger partial charge in [-0.1, -0.05) is 48.6 Å². The number of nitrogens with zero attached hydrogens (tertiary/aromatic N) is 2. The summed E-state index contributed by atoms with van der Waals surface area (Å²) < 4.78 is 0. The predicted octanol–water partition coefficient (Wildman–Crippen LogP) is 4.69. The highest BCUT2D eigenvalue weighted by Crippen LogP contribution is 2.36. The van der Waals surface area contributed by atoms with Crippen molar-refractivity contribution in [3.8, 4) is 10.0 Å². The first-order valence-corrected chi connectivity index (χ1v) is 8.15. The molecule has 4 heteroatoms. The molecule has 2 heterocycles. The Morgan fingerprint density at radius 3 is 1.45 bits per heavy atom. The van der Waals surface area contributed by atoms with Gasteiger partial charge in [0.25, 0.3) is 0 Å². The molecule has 2 aromatic rings. The molecule has 2 aliphatic rings. The second-order valence-corrected chi connectivity index (χ2v) is 6.85. The first-order valence-electron chi connectivity index (χ1n) is 6.52. The molecule has 4 rings (SSSR count). The molecule has 0 spiro atoms. The third-order valence-corrected chi connectivity index (χ3v) is 5.72. The van der Waals surface area contributed by atoms with Crippen LogP contribution in [-0.4, -0.2) is 9.97 Å². The number of hydrogen-bond acceptors (Lipinski definition) is 4. The van der Waals surface area contributed by atoms with Gasteiger partial charge < -0.3 is 0 Å². The van der Waals surface area contributed by atoms with Crippen LogP contribution in [0.2, 0.25) is 0 Å². The lowest BCUT2D eigenvalue weighted by Crippen LogP contribution is -1.81. The molecule has 0 bridgehead atoms. The lowest BCUT2D eigenvalue weighted by molar-refractivity contribution is 1.13. The van der Waals surface area contributed by atoms with E-state index in [-0.39, 0.29) is 0 Å². The van der Waals surface area contributed by atoms with Crippen molar-refractivity contribution in [1.29, 1.82) is 0 Å². The summed E-state index contributed by atoms with van der Waals surface area (Å²) in [6.07, 6.45) is 21.1. The van der Waals surface area contributed by atoms with E-state index >= 15 is 0 Å². The van der Waals surface area contributed by atoms with Crippen LogP contribution in [0.1, 0.15) is 21.6 Å². The monoisotopic (exact) mass is 296 g/mol. The predicted molar refractivity (Wildman–Crippen MR) is 85.3 cm³/mol. The molecule has 0 amide bonds. The molecule has 2 aliphatic carbocycles. The largest absolute Gasteiger partial charge is 0.242 e. The van der Waals surface area contributed by atoms with Crippen LogP contribution in [-0.2, 0) is 0 Å². The molecule has 0 radical (unpaired) electrons. The normalized spacial score (nSPS) is 17.8. The van der Waals surface area contributed by atoms with Crippen LogP contribution >= 0.6 is 22.7 Å². The minimum Gasteiger partial charge on any atom is -0.242 e. The summed E-state index contributed by atoms with van der Waals surface area (Å²) >= 11 is 3.47. The lowest BCUT2D eigenvalue weighted by atomic mass is 10.1. The van der Waals surface area contributed by atoms with Gasteiger partial charge in [0.2, 0.25) is 0 Å². The topological polar surface area (TPSA) is 25.8 Å². The Morgan fingerprint density at radius 2 is 1.05 bits per heavy atom. The molecule has 0 saturated heterocycles. The van der Waals surface area contributed by atoms with E-state index in [1.54, 1.807) is 22.7 Å². The van der Waals surface area contributed by atoms with Crippen molar-refractivity contribution >= 4 is 22.7 Å². The van der Waals surface area contributed by atoms with Crippen molar-refractivity contribution in [2.45, 2.75) is 11.8 Å². The first kappa shape index (κ1) is 12.0. The minimum absolute atomic E-state index is 0.390. The summed E-state index contributed by atoms with van der Waals surface area (Å²) in [6, 6.07) is 0. The molecule has 98 valence electrons. The summed E-state index contributed by atoms with van der Waals surface area (Å²) in [7, 11) is 0. The smallest absolute Gasteiger partial charge is 0.152 e. The molecule has 0 N–H and O–H groups in total. The number of thiazole rings is 2. The maximum Gasteiger partial charge on any atom is 0.152 e. The van der Waals surface area contributed by atoms with Crippen molar-refractivity contribution in [2.75, 3.05) is 0 Å². The van der Waals surface area contributed by atoms with E-state index in [4.69, 9.17) is 0 Å². The van der Waals surface area contributed by atoms with Gasteiger partial charge in [-0.15, -0.1) is 22.7 Å². The maximum atomic E-state index is 4.53. The van der Waals surface area contributed by atoms with Crippen molar-refractivity contribution in [3.05, 3.63) is 70.8 Å². The summed E-state index contributed by atoms with van der Waals surface area (Å²) in [5.74, 6) is 0.780. The molecule has 20 heavy (non-hydrogen) atoms. The highest BCUT2D eigenvalue weighted by atomic mass is 32.1. The van der Waals surface area contributed by atoms with Crippen LogP contribution in [0.5, 0.6) is 0 Å². The van der Waals surface area contributed by atoms with Crippen LogP contribution in [0.15, 0.2) is 61.0 Å². The van der Waals surface area contributed by atoms with E-state index in [2.05, 4.69) is 58.6 Å². The van der Waals surface area contributed by atoms with Crippen LogP contribution in [0.3, 0.4) is 0 Å². The minimum atomic E-state index is 0.390. The zero-order valence-corrected chi connectivity index (χ0v) is 12.3. The fourth-order valence-electron chi connectivity index (χ4n) is 2.32. The quantitative estimate of drug-likeness (QED) is 0.821. The highest BCUT2D eigenvalue weighted by Gasteiger charge is 2.16. The van der Waals surface area contributed by atoms with Gasteiger partial charge in [-0.2, -0.15) is 0 Å². The van der Waals surface area contributed by atoms with Gasteiger partial charge in [-0.25, -0.2) is 9.97 Å². The fourth-order valence-corrected chi connectivity index (χ4v) is 4.31. The molecule has 2 nitrogen and oxygen atoms in total. The van der Waals surface area contributed by atoms with Gasteiger partial charge in [0, 0.05) is 34.0 Å². The van der Waals surface area contributed by atoms with Gasteiger partial charge >= 0.3 is 0 Å². The molecule has 2 aromatic heterocycles. The first-order chi connectivity index (χ1) is 9.90. The lowest BCUT2D eigenvalue weighted by Gasteiger charge is -1.98. The van der Waals surface area contributed by atoms with E-state index < -0.39 is 0 Å². The van der Waals surface area contributed by atoms with Gasteiger partial charge in [0.15, 0.2) is 10.0 Å². The Balaban J connectivity index is 1.61. The number of rotatable bonds is 3. The van der Waals surface area contributed by atoms with E-state index in [0.717, 1.165) is 10.0 Å². The van der Waals surface area contributed by atoms with Crippen molar-refractivity contribution in [2.24, 2.45) is 0 Å². The van der Waals surface area contributed by atoms with E-state index in [1.807, 2.05) is 12.4 Å². The maximum absolute atomic E-state index is 4.53. The van der Waals surface area contributed by atoms with Crippen LogP contribution in [0.25, 0.3) is 10.0 Å². The second kappa shape index (κ2) is 4.96. The molecule has 0 aromatic carbocycles. The van der Waals surface area contributed by atoms with Crippen LogP contribution < -0.4 is 0 Å². The molecule has 0 saturated carbocycles. The SMILES string of the molecule is C1=CC(c2cnc(-c3ncc(C4C=CC=C4)s3)s2)C=C1. The zero-order chi connectivity index (χ0) is 13.4. The summed E-state index contributed by atoms with van der Waals surface area (Å²) in [5.41, 5.74) is 0. The van der Waals surface area contributed by atoms with Gasteiger partial charge in [-0.05, 0) is 0 Å². The Labute approximate surface area is 125 Å². The zero-order valence-electron chi connectivity index (χ0n) is 10.6. The Kier molecular flexibility index (Phi) is 2.98. The Bertz CT molecular complexity index is 658. The average Bonchev–Trinajstić information content (AvgIpc) is 3.22. The molecule has 0 atom stereocenters. The van der Waals surface area contributed by atoms with Crippen LogP contribution in [0.4, 0.5) is 0 Å². The van der Waals surface area contributed by atoms with E-state index in [1.165, 1.54) is 9.75 Å². The summed E-state index contributed by atoms with van der Waals surface area (Å²) in [6.45, 7) is 0. The van der Waals surface area contributed by atoms with Gasteiger partial charge in [-0.3, -0.25) is 0 Å². The van der Waals surface area contributed by atoms with E-state index in [9.17, 15) is 0 Å². The molecule has 0 unspecified atom stereocenters. The van der Waals surface area contributed by atoms with E-state index in [0.29, 0.717) is 11.8 Å². The fraction of sp³-hybridized carbons (Fsp3) is 0.125.